The summed E-state index contributed by atoms with van der Waals surface area (Å²) in [7, 11) is -3.50. The molecular weight excluding hydrogens is 431 g/mol. The van der Waals surface area contributed by atoms with Crippen LogP contribution in [0.2, 0.25) is 0 Å². The van der Waals surface area contributed by atoms with Gasteiger partial charge in [-0.2, -0.15) is 17.5 Å². The summed E-state index contributed by atoms with van der Waals surface area (Å²) in [5.41, 5.74) is 0.518. The van der Waals surface area contributed by atoms with Crippen molar-refractivity contribution in [2.75, 3.05) is 13.1 Å². The maximum Gasteiger partial charge on any atom is 0.416 e. The topological polar surface area (TPSA) is 78.5 Å². The molecule has 0 radical (unpaired) electrons. The highest BCUT2D eigenvalue weighted by molar-refractivity contribution is 7.89. The number of carbonyl (C=O) groups is 1. The summed E-state index contributed by atoms with van der Waals surface area (Å²) in [6.45, 7) is 1.33. The fraction of sp³-hybridized carbons (Fsp3) is 0.381. The summed E-state index contributed by atoms with van der Waals surface area (Å²) in [6.07, 6.45) is -1.63. The number of sulfonamides is 1. The zero-order valence-corrected chi connectivity index (χ0v) is 17.6. The van der Waals surface area contributed by atoms with Gasteiger partial charge in [-0.05, 0) is 48.2 Å². The Morgan fingerprint density at radius 3 is 1.81 bits per heavy atom. The van der Waals surface area contributed by atoms with Crippen molar-refractivity contribution in [1.82, 2.24) is 14.9 Å². The molecule has 3 rings (SSSR count). The molecule has 1 saturated heterocycles. The minimum atomic E-state index is -4.40. The maximum absolute atomic E-state index is 12.6. The molecule has 0 atom stereocenters. The lowest BCUT2D eigenvalue weighted by molar-refractivity contribution is -0.137. The zero-order valence-electron chi connectivity index (χ0n) is 16.8. The van der Waals surface area contributed by atoms with Gasteiger partial charge in [0.15, 0.2) is 0 Å². The summed E-state index contributed by atoms with van der Waals surface area (Å²) in [5.74, 6) is 0. The molecule has 0 bridgehead atoms. The van der Waals surface area contributed by atoms with Crippen molar-refractivity contribution < 1.29 is 26.4 Å². The Labute approximate surface area is 179 Å². The molecule has 0 aliphatic carbocycles. The fourth-order valence-electron chi connectivity index (χ4n) is 3.27. The van der Waals surface area contributed by atoms with Gasteiger partial charge < -0.3 is 10.6 Å². The molecule has 10 heteroatoms. The third kappa shape index (κ3) is 6.20. The summed E-state index contributed by atoms with van der Waals surface area (Å²) >= 11 is 0. The average Bonchev–Trinajstić information content (AvgIpc) is 2.77. The van der Waals surface area contributed by atoms with Crippen molar-refractivity contribution in [1.29, 1.82) is 0 Å². The molecule has 2 aromatic rings. The van der Waals surface area contributed by atoms with Gasteiger partial charge in [-0.3, -0.25) is 0 Å². The van der Waals surface area contributed by atoms with E-state index in [1.165, 1.54) is 28.6 Å². The first kappa shape index (κ1) is 23.1. The molecular formula is C21H24F3N3O3S. The van der Waals surface area contributed by atoms with Crippen LogP contribution >= 0.6 is 0 Å². The smallest absolute Gasteiger partial charge is 0.334 e. The largest absolute Gasteiger partial charge is 0.416 e. The predicted octanol–water partition coefficient (Wildman–Crippen LogP) is 3.88. The molecule has 6 nitrogen and oxygen atoms in total. The molecule has 2 amide bonds. The SMILES string of the molecule is O=C(NCc1ccc(C(F)(F)F)cc1)NCc1ccc(S(=O)(=O)N2CCCCC2)cc1. The van der Waals surface area contributed by atoms with Crippen molar-refractivity contribution in [2.45, 2.75) is 43.4 Å². The van der Waals surface area contributed by atoms with E-state index in [0.717, 1.165) is 37.0 Å². The number of nitrogens with zero attached hydrogens (tertiary/aromatic N) is 1. The molecule has 0 unspecified atom stereocenters. The molecule has 0 aromatic heterocycles. The number of amides is 2. The molecule has 2 aromatic carbocycles. The van der Waals surface area contributed by atoms with Crippen LogP contribution < -0.4 is 10.6 Å². The number of alkyl halides is 3. The van der Waals surface area contributed by atoms with Crippen molar-refractivity contribution >= 4 is 16.1 Å². The Balaban J connectivity index is 1.48. The Morgan fingerprint density at radius 1 is 0.839 bits per heavy atom. The van der Waals surface area contributed by atoms with Crippen molar-refractivity contribution in [3.63, 3.8) is 0 Å². The normalized spacial score (nSPS) is 15.5. The molecule has 1 aliphatic rings. The van der Waals surface area contributed by atoms with Crippen LogP contribution in [0.5, 0.6) is 0 Å². The second kappa shape index (κ2) is 9.69. The molecule has 1 heterocycles. The molecule has 168 valence electrons. The Morgan fingerprint density at radius 2 is 1.32 bits per heavy atom. The second-order valence-corrected chi connectivity index (χ2v) is 9.28. The fourth-order valence-corrected chi connectivity index (χ4v) is 4.79. The number of piperidine rings is 1. The van der Waals surface area contributed by atoms with Gasteiger partial charge in [0, 0.05) is 26.2 Å². The summed E-state index contributed by atoms with van der Waals surface area (Å²) in [4.78, 5) is 12.2. The van der Waals surface area contributed by atoms with E-state index < -0.39 is 27.8 Å². The number of benzene rings is 2. The van der Waals surface area contributed by atoms with Crippen molar-refractivity contribution in [3.05, 3.63) is 65.2 Å². The van der Waals surface area contributed by atoms with Crippen LogP contribution in [0.25, 0.3) is 0 Å². The van der Waals surface area contributed by atoms with Gasteiger partial charge in [0.1, 0.15) is 0 Å². The van der Waals surface area contributed by atoms with E-state index in [4.69, 9.17) is 0 Å². The highest BCUT2D eigenvalue weighted by Crippen LogP contribution is 2.29. The molecule has 1 aliphatic heterocycles. The van der Waals surface area contributed by atoms with Crippen LogP contribution in [0.3, 0.4) is 0 Å². The van der Waals surface area contributed by atoms with E-state index in [1.54, 1.807) is 12.1 Å². The van der Waals surface area contributed by atoms with Crippen LogP contribution in [0.4, 0.5) is 18.0 Å². The number of urea groups is 1. The van der Waals surface area contributed by atoms with E-state index in [-0.39, 0.29) is 18.0 Å². The van der Waals surface area contributed by atoms with Crippen LogP contribution in [0.15, 0.2) is 53.4 Å². The molecule has 2 N–H and O–H groups in total. The molecule has 1 fully saturated rings. The van der Waals surface area contributed by atoms with Gasteiger partial charge in [-0.1, -0.05) is 30.7 Å². The predicted molar refractivity (Wildman–Crippen MR) is 110 cm³/mol. The number of nitrogens with one attached hydrogen (secondary N) is 2. The van der Waals surface area contributed by atoms with Gasteiger partial charge >= 0.3 is 12.2 Å². The Kier molecular flexibility index (Phi) is 7.22. The minimum Gasteiger partial charge on any atom is -0.334 e. The Hall–Kier alpha value is -2.59. The third-order valence-corrected chi connectivity index (χ3v) is 6.98. The number of rotatable bonds is 6. The average molecular weight is 456 g/mol. The standard InChI is InChI=1S/C21H24F3N3O3S/c22-21(23,24)18-8-4-16(5-9-18)14-25-20(28)26-15-17-6-10-19(11-7-17)31(29,30)27-12-2-1-3-13-27/h4-11H,1-3,12-15H2,(H2,25,26,28). The highest BCUT2D eigenvalue weighted by atomic mass is 32.2. The van der Waals surface area contributed by atoms with Gasteiger partial charge in [-0.25, -0.2) is 13.2 Å². The monoisotopic (exact) mass is 455 g/mol. The van der Waals surface area contributed by atoms with Gasteiger partial charge in [-0.15, -0.1) is 0 Å². The lowest BCUT2D eigenvalue weighted by Gasteiger charge is -2.25. The Bertz CT molecular complexity index is 985. The third-order valence-electron chi connectivity index (χ3n) is 5.06. The summed E-state index contributed by atoms with van der Waals surface area (Å²) < 4.78 is 64.5. The second-order valence-electron chi connectivity index (χ2n) is 7.34. The number of hydrogen-bond donors (Lipinski definition) is 2. The molecule has 31 heavy (non-hydrogen) atoms. The first-order valence-corrected chi connectivity index (χ1v) is 11.4. The minimum absolute atomic E-state index is 0.0803. The molecule has 0 saturated carbocycles. The maximum atomic E-state index is 12.6. The van der Waals surface area contributed by atoms with E-state index in [2.05, 4.69) is 10.6 Å². The first-order valence-electron chi connectivity index (χ1n) is 9.93. The van der Waals surface area contributed by atoms with E-state index in [1.807, 2.05) is 0 Å². The highest BCUT2D eigenvalue weighted by Gasteiger charge is 2.30. The van der Waals surface area contributed by atoms with Crippen molar-refractivity contribution in [3.8, 4) is 0 Å². The van der Waals surface area contributed by atoms with E-state index in [0.29, 0.717) is 18.7 Å². The number of halogens is 3. The van der Waals surface area contributed by atoms with Gasteiger partial charge in [0.25, 0.3) is 0 Å². The van der Waals surface area contributed by atoms with E-state index >= 15 is 0 Å². The van der Waals surface area contributed by atoms with E-state index in [9.17, 15) is 26.4 Å². The first-order chi connectivity index (χ1) is 14.7. The van der Waals surface area contributed by atoms with Gasteiger partial charge in [0.05, 0.1) is 10.5 Å². The summed E-state index contributed by atoms with van der Waals surface area (Å²) in [5, 5.41) is 5.21. The lowest BCUT2D eigenvalue weighted by atomic mass is 10.1. The lowest BCUT2D eigenvalue weighted by Crippen LogP contribution is -2.35. The molecule has 0 spiro atoms. The van der Waals surface area contributed by atoms with Crippen LogP contribution in [0, 0.1) is 0 Å². The van der Waals surface area contributed by atoms with Crippen LogP contribution in [0.1, 0.15) is 36.0 Å². The van der Waals surface area contributed by atoms with Crippen LogP contribution in [-0.4, -0.2) is 31.8 Å². The van der Waals surface area contributed by atoms with Crippen LogP contribution in [-0.2, 0) is 29.3 Å². The van der Waals surface area contributed by atoms with Crippen molar-refractivity contribution in [2.24, 2.45) is 0 Å². The quantitative estimate of drug-likeness (QED) is 0.694. The zero-order chi connectivity index (χ0) is 22.5. The van der Waals surface area contributed by atoms with Gasteiger partial charge in [0.2, 0.25) is 10.0 Å². The summed E-state index contributed by atoms with van der Waals surface area (Å²) in [6, 6.07) is 10.4. The number of carbonyl (C=O) groups excluding carboxylic acids is 1. The number of hydrogen-bond acceptors (Lipinski definition) is 3.